The minimum Gasteiger partial charge on any atom is -0.487 e. The summed E-state index contributed by atoms with van der Waals surface area (Å²) in [5, 5.41) is 0. The van der Waals surface area contributed by atoms with E-state index in [1.54, 1.807) is 18.2 Å². The Morgan fingerprint density at radius 1 is 1.06 bits per heavy atom. The molecular weight excluding hydrogens is 212 g/mol. The van der Waals surface area contributed by atoms with Gasteiger partial charge in [-0.15, -0.1) is 0 Å². The van der Waals surface area contributed by atoms with Gasteiger partial charge in [0.15, 0.2) is 0 Å². The molecule has 0 amide bonds. The van der Waals surface area contributed by atoms with Crippen molar-refractivity contribution in [1.82, 2.24) is 4.98 Å². The van der Waals surface area contributed by atoms with E-state index < -0.39 is 5.95 Å². The molecule has 2 aromatic rings. The molecule has 1 aromatic heterocycles. The van der Waals surface area contributed by atoms with Gasteiger partial charge in [-0.2, -0.15) is 4.39 Å². The lowest BCUT2D eigenvalue weighted by Crippen LogP contribution is -1.98. The summed E-state index contributed by atoms with van der Waals surface area (Å²) in [7, 11) is 0. The number of nitrogens with zero attached hydrogens (tertiary/aromatic N) is 1. The summed E-state index contributed by atoms with van der Waals surface area (Å²) in [5.41, 5.74) is 0.451. The molecular formula is C12H9F2NO. The Balaban J connectivity index is 2.02. The summed E-state index contributed by atoms with van der Waals surface area (Å²) in [6.07, 6.45) is 1.26. The smallest absolute Gasteiger partial charge is 0.213 e. The van der Waals surface area contributed by atoms with Crippen molar-refractivity contribution in [3.05, 3.63) is 59.9 Å². The number of benzene rings is 1. The Morgan fingerprint density at radius 3 is 2.56 bits per heavy atom. The number of pyridine rings is 1. The van der Waals surface area contributed by atoms with Crippen LogP contribution in [0.5, 0.6) is 5.75 Å². The maximum Gasteiger partial charge on any atom is 0.213 e. The van der Waals surface area contributed by atoms with Crippen molar-refractivity contribution >= 4 is 0 Å². The third-order valence-electron chi connectivity index (χ3n) is 2.05. The van der Waals surface area contributed by atoms with Gasteiger partial charge in [-0.1, -0.05) is 18.2 Å². The maximum atomic E-state index is 13.2. The van der Waals surface area contributed by atoms with Crippen molar-refractivity contribution in [2.75, 3.05) is 0 Å². The van der Waals surface area contributed by atoms with Gasteiger partial charge < -0.3 is 4.74 Å². The molecule has 0 unspecified atom stereocenters. The van der Waals surface area contributed by atoms with Gasteiger partial charge in [0, 0.05) is 5.56 Å². The number of hydrogen-bond donors (Lipinski definition) is 0. The van der Waals surface area contributed by atoms with Crippen molar-refractivity contribution in [2.24, 2.45) is 0 Å². The topological polar surface area (TPSA) is 22.1 Å². The van der Waals surface area contributed by atoms with Gasteiger partial charge >= 0.3 is 0 Å². The molecule has 0 saturated heterocycles. The zero-order chi connectivity index (χ0) is 11.4. The lowest BCUT2D eigenvalue weighted by Gasteiger charge is -2.06. The first-order valence-electron chi connectivity index (χ1n) is 4.73. The van der Waals surface area contributed by atoms with E-state index in [9.17, 15) is 8.78 Å². The van der Waals surface area contributed by atoms with Crippen molar-refractivity contribution in [3.63, 3.8) is 0 Å². The van der Waals surface area contributed by atoms with Crippen LogP contribution in [0.2, 0.25) is 0 Å². The number of halogens is 2. The molecule has 0 N–H and O–H groups in total. The van der Waals surface area contributed by atoms with Gasteiger partial charge in [0.2, 0.25) is 5.95 Å². The van der Waals surface area contributed by atoms with Crippen LogP contribution in [0.25, 0.3) is 0 Å². The maximum absolute atomic E-state index is 13.2. The zero-order valence-electron chi connectivity index (χ0n) is 8.36. The first kappa shape index (κ1) is 10.5. The molecule has 0 aliphatic carbocycles. The van der Waals surface area contributed by atoms with Gasteiger partial charge in [0.05, 0.1) is 6.20 Å². The first-order chi connectivity index (χ1) is 7.75. The summed E-state index contributed by atoms with van der Waals surface area (Å²) in [6, 6.07) is 8.97. The molecule has 0 radical (unpaired) electrons. The van der Waals surface area contributed by atoms with Gasteiger partial charge in [-0.25, -0.2) is 9.37 Å². The predicted molar refractivity (Wildman–Crippen MR) is 54.9 cm³/mol. The van der Waals surface area contributed by atoms with Crippen LogP contribution in [-0.2, 0) is 6.61 Å². The van der Waals surface area contributed by atoms with Crippen molar-refractivity contribution in [2.45, 2.75) is 6.61 Å². The zero-order valence-corrected chi connectivity index (χ0v) is 8.36. The standard InChI is InChI=1S/C12H9F2NO/c13-11-4-2-1-3-9(11)8-16-10-5-6-12(14)15-7-10/h1-7H,8H2. The van der Waals surface area contributed by atoms with Gasteiger partial charge in [-0.3, -0.25) is 0 Å². The average Bonchev–Trinajstić information content (AvgIpc) is 2.30. The Morgan fingerprint density at radius 2 is 1.88 bits per heavy atom. The lowest BCUT2D eigenvalue weighted by molar-refractivity contribution is 0.297. The summed E-state index contributed by atoms with van der Waals surface area (Å²) in [4.78, 5) is 3.43. The molecule has 0 fully saturated rings. The molecule has 0 atom stereocenters. The Kier molecular flexibility index (Phi) is 3.10. The number of hydrogen-bond acceptors (Lipinski definition) is 2. The highest BCUT2D eigenvalue weighted by atomic mass is 19.1. The molecule has 1 heterocycles. The monoisotopic (exact) mass is 221 g/mol. The lowest BCUT2D eigenvalue weighted by atomic mass is 10.2. The highest BCUT2D eigenvalue weighted by molar-refractivity contribution is 5.20. The summed E-state index contributed by atoms with van der Waals surface area (Å²) in [5.74, 6) is -0.486. The largest absolute Gasteiger partial charge is 0.487 e. The van der Waals surface area contributed by atoms with Crippen molar-refractivity contribution in [1.29, 1.82) is 0 Å². The Labute approximate surface area is 91.5 Å². The summed E-state index contributed by atoms with van der Waals surface area (Å²) < 4.78 is 30.9. The van der Waals surface area contributed by atoms with Crippen LogP contribution in [0.4, 0.5) is 8.78 Å². The molecule has 16 heavy (non-hydrogen) atoms. The highest BCUT2D eigenvalue weighted by Crippen LogP contribution is 2.13. The fourth-order valence-electron chi connectivity index (χ4n) is 1.22. The van der Waals surface area contributed by atoms with Crippen LogP contribution in [0.1, 0.15) is 5.56 Å². The van der Waals surface area contributed by atoms with E-state index in [1.807, 2.05) is 0 Å². The number of ether oxygens (including phenoxy) is 1. The van der Waals surface area contributed by atoms with Crippen LogP contribution in [-0.4, -0.2) is 4.98 Å². The summed E-state index contributed by atoms with van der Waals surface area (Å²) in [6.45, 7) is 0.0972. The van der Waals surface area contributed by atoms with E-state index in [-0.39, 0.29) is 12.4 Å². The van der Waals surface area contributed by atoms with Gasteiger partial charge in [0.25, 0.3) is 0 Å². The first-order valence-corrected chi connectivity index (χ1v) is 4.73. The highest BCUT2D eigenvalue weighted by Gasteiger charge is 2.01. The minimum atomic E-state index is -0.571. The quantitative estimate of drug-likeness (QED) is 0.743. The molecule has 0 bridgehead atoms. The van der Waals surface area contributed by atoms with Crippen molar-refractivity contribution in [3.8, 4) is 5.75 Å². The Hall–Kier alpha value is -1.97. The second-order valence-electron chi connectivity index (χ2n) is 3.20. The molecule has 0 aliphatic rings. The molecule has 0 saturated carbocycles. The van der Waals surface area contributed by atoms with E-state index in [4.69, 9.17) is 4.74 Å². The predicted octanol–water partition coefficient (Wildman–Crippen LogP) is 2.94. The summed E-state index contributed by atoms with van der Waals surface area (Å²) >= 11 is 0. The minimum absolute atomic E-state index is 0.0972. The number of aromatic nitrogens is 1. The Bertz CT molecular complexity index is 471. The van der Waals surface area contributed by atoms with Crippen molar-refractivity contribution < 1.29 is 13.5 Å². The number of rotatable bonds is 3. The van der Waals surface area contributed by atoms with Crippen LogP contribution in [0.15, 0.2) is 42.6 Å². The third kappa shape index (κ3) is 2.53. The van der Waals surface area contributed by atoms with Gasteiger partial charge in [0.1, 0.15) is 18.2 Å². The molecule has 1 aromatic carbocycles. The van der Waals surface area contributed by atoms with Gasteiger partial charge in [-0.05, 0) is 18.2 Å². The van der Waals surface area contributed by atoms with E-state index in [0.29, 0.717) is 11.3 Å². The molecule has 4 heteroatoms. The SMILES string of the molecule is Fc1ccc(OCc2ccccc2F)cn1. The second kappa shape index (κ2) is 4.70. The van der Waals surface area contributed by atoms with E-state index >= 15 is 0 Å². The molecule has 2 nitrogen and oxygen atoms in total. The van der Waals surface area contributed by atoms with Crippen LogP contribution in [0.3, 0.4) is 0 Å². The van der Waals surface area contributed by atoms with Crippen LogP contribution < -0.4 is 4.74 Å². The van der Waals surface area contributed by atoms with Crippen LogP contribution >= 0.6 is 0 Å². The van der Waals surface area contributed by atoms with Crippen LogP contribution in [0, 0.1) is 11.8 Å². The van der Waals surface area contributed by atoms with E-state index in [2.05, 4.69) is 4.98 Å². The van der Waals surface area contributed by atoms with E-state index in [1.165, 1.54) is 24.4 Å². The molecule has 82 valence electrons. The normalized spacial score (nSPS) is 10.1. The fraction of sp³-hybridized carbons (Fsp3) is 0.0833. The average molecular weight is 221 g/mol. The molecule has 0 aliphatic heterocycles. The third-order valence-corrected chi connectivity index (χ3v) is 2.05. The molecule has 2 rings (SSSR count). The molecule has 0 spiro atoms. The second-order valence-corrected chi connectivity index (χ2v) is 3.20. The van der Waals surface area contributed by atoms with E-state index in [0.717, 1.165) is 0 Å². The fourth-order valence-corrected chi connectivity index (χ4v) is 1.22.